The zero-order chi connectivity index (χ0) is 16.8. The molecule has 0 aromatic carbocycles. The maximum atomic E-state index is 12.3. The Bertz CT molecular complexity index is 701. The van der Waals surface area contributed by atoms with E-state index < -0.39 is 9.84 Å². The van der Waals surface area contributed by atoms with Crippen LogP contribution in [0, 0.1) is 6.92 Å². The van der Waals surface area contributed by atoms with Crippen molar-refractivity contribution in [3.05, 3.63) is 11.8 Å². The van der Waals surface area contributed by atoms with Gasteiger partial charge < -0.3 is 14.2 Å². The van der Waals surface area contributed by atoms with Crippen molar-refractivity contribution in [2.75, 3.05) is 38.7 Å². The van der Waals surface area contributed by atoms with E-state index >= 15 is 0 Å². The second-order valence-electron chi connectivity index (χ2n) is 6.27. The zero-order valence-electron chi connectivity index (χ0n) is 13.5. The number of carbonyl (C=O) groups is 1. The predicted molar refractivity (Wildman–Crippen MR) is 81.5 cm³/mol. The second kappa shape index (κ2) is 5.75. The molecule has 3 rings (SSSR count). The Morgan fingerprint density at radius 1 is 1.26 bits per heavy atom. The zero-order valence-corrected chi connectivity index (χ0v) is 14.3. The van der Waals surface area contributed by atoms with Crippen LogP contribution in [-0.2, 0) is 16.4 Å². The number of hydrogen-bond donors (Lipinski definition) is 0. The number of aryl methyl sites for hydroxylation is 1. The van der Waals surface area contributed by atoms with Crippen LogP contribution >= 0.6 is 0 Å². The van der Waals surface area contributed by atoms with Crippen LogP contribution in [0.3, 0.4) is 0 Å². The van der Waals surface area contributed by atoms with Crippen molar-refractivity contribution in [1.29, 1.82) is 0 Å². The highest BCUT2D eigenvalue weighted by atomic mass is 32.2. The smallest absolute Gasteiger partial charge is 0.319 e. The average molecular weight is 343 g/mol. The van der Waals surface area contributed by atoms with Gasteiger partial charge in [0, 0.05) is 40.2 Å². The van der Waals surface area contributed by atoms with Crippen LogP contribution < -0.4 is 0 Å². The summed E-state index contributed by atoms with van der Waals surface area (Å²) in [4.78, 5) is 17.5. The summed E-state index contributed by atoms with van der Waals surface area (Å²) in [5.41, 5.74) is 0. The lowest BCUT2D eigenvalue weighted by atomic mass is 10.1. The summed E-state index contributed by atoms with van der Waals surface area (Å²) in [6, 6.07) is -0.706. The van der Waals surface area contributed by atoms with Gasteiger partial charge in [0.15, 0.2) is 9.84 Å². The minimum atomic E-state index is -3.16. The van der Waals surface area contributed by atoms with Gasteiger partial charge in [-0.05, 0) is 0 Å². The maximum absolute atomic E-state index is 12.3. The van der Waals surface area contributed by atoms with E-state index in [0.717, 1.165) is 0 Å². The minimum absolute atomic E-state index is 0.0105. The molecule has 3 heterocycles. The molecule has 2 amide bonds. The molecule has 2 fully saturated rings. The number of piperazine rings is 1. The molecule has 0 aliphatic carbocycles. The Balaban J connectivity index is 1.82. The van der Waals surface area contributed by atoms with Crippen LogP contribution in [0.2, 0.25) is 0 Å². The average Bonchev–Trinajstić information content (AvgIpc) is 3.00. The number of carbonyl (C=O) groups excluding carboxylic acids is 1. The molecule has 2 saturated heterocycles. The molecule has 2 aliphatic heterocycles. The third kappa shape index (κ3) is 3.18. The molecule has 9 nitrogen and oxygen atoms in total. The van der Waals surface area contributed by atoms with Crippen LogP contribution in [0.1, 0.15) is 11.8 Å². The molecular formula is C13H21N5O4S. The van der Waals surface area contributed by atoms with Gasteiger partial charge >= 0.3 is 6.03 Å². The Hall–Kier alpha value is -1.68. The molecule has 0 radical (unpaired) electrons. The van der Waals surface area contributed by atoms with E-state index in [2.05, 4.69) is 10.2 Å². The maximum Gasteiger partial charge on any atom is 0.319 e. The molecule has 2 atom stereocenters. The summed E-state index contributed by atoms with van der Waals surface area (Å²) in [6.45, 7) is 3.19. The van der Waals surface area contributed by atoms with Crippen molar-refractivity contribution in [1.82, 2.24) is 24.9 Å². The number of urea groups is 1. The molecule has 0 spiro atoms. The molecule has 23 heavy (non-hydrogen) atoms. The normalized spacial score (nSPS) is 27.0. The molecule has 2 aliphatic rings. The van der Waals surface area contributed by atoms with Crippen molar-refractivity contribution in [3.63, 3.8) is 0 Å². The summed E-state index contributed by atoms with van der Waals surface area (Å²) < 4.78 is 29.6. The quantitative estimate of drug-likeness (QED) is 0.703. The first-order valence-corrected chi connectivity index (χ1v) is 9.30. The first-order chi connectivity index (χ1) is 10.8. The first-order valence-electron chi connectivity index (χ1n) is 7.48. The lowest BCUT2D eigenvalue weighted by Crippen LogP contribution is -2.61. The monoisotopic (exact) mass is 343 g/mol. The van der Waals surface area contributed by atoms with Crippen LogP contribution in [0.25, 0.3) is 0 Å². The summed E-state index contributed by atoms with van der Waals surface area (Å²) >= 11 is 0. The highest BCUT2D eigenvalue weighted by Gasteiger charge is 2.48. The number of nitrogens with zero attached hydrogens (tertiary/aromatic N) is 5. The van der Waals surface area contributed by atoms with E-state index in [-0.39, 0.29) is 29.6 Å². The largest absolute Gasteiger partial charge is 0.424 e. The summed E-state index contributed by atoms with van der Waals surface area (Å²) in [6.07, 6.45) is 0. The Kier molecular flexibility index (Phi) is 4.05. The summed E-state index contributed by atoms with van der Waals surface area (Å²) in [7, 11) is 0.188. The Morgan fingerprint density at radius 3 is 2.57 bits per heavy atom. The first kappa shape index (κ1) is 16.2. The second-order valence-corrected chi connectivity index (χ2v) is 8.42. The van der Waals surface area contributed by atoms with E-state index in [1.165, 1.54) is 4.90 Å². The summed E-state index contributed by atoms with van der Waals surface area (Å²) in [5.74, 6) is 1.02. The lowest BCUT2D eigenvalue weighted by molar-refractivity contribution is 0.0471. The third-order valence-electron chi connectivity index (χ3n) is 4.33. The van der Waals surface area contributed by atoms with Crippen molar-refractivity contribution in [2.45, 2.75) is 25.6 Å². The Labute approximate surface area is 135 Å². The number of amides is 2. The Morgan fingerprint density at radius 2 is 1.96 bits per heavy atom. The van der Waals surface area contributed by atoms with Gasteiger partial charge in [-0.15, -0.1) is 10.2 Å². The minimum Gasteiger partial charge on any atom is -0.424 e. The van der Waals surface area contributed by atoms with Gasteiger partial charge in [-0.3, -0.25) is 4.90 Å². The molecule has 0 saturated carbocycles. The van der Waals surface area contributed by atoms with E-state index in [0.29, 0.717) is 31.4 Å². The van der Waals surface area contributed by atoms with E-state index in [4.69, 9.17) is 4.42 Å². The number of fused-ring (bicyclic) bond motifs is 1. The molecule has 0 N–H and O–H groups in total. The van der Waals surface area contributed by atoms with E-state index in [1.54, 1.807) is 25.9 Å². The van der Waals surface area contributed by atoms with Gasteiger partial charge in [0.2, 0.25) is 11.8 Å². The molecule has 1 aromatic heterocycles. The molecule has 1 aromatic rings. The predicted octanol–water partition coefficient (Wildman–Crippen LogP) is -0.657. The fourth-order valence-electron chi connectivity index (χ4n) is 3.29. The van der Waals surface area contributed by atoms with Gasteiger partial charge in [-0.25, -0.2) is 13.2 Å². The van der Waals surface area contributed by atoms with Gasteiger partial charge in [0.25, 0.3) is 0 Å². The SMILES string of the molecule is Cc1nnc(CN2CCN(C(=O)N(C)C)[C@@H]3CS(=O)(=O)C[C@@H]32)o1. The van der Waals surface area contributed by atoms with Crippen LogP contribution in [-0.4, -0.2) is 90.1 Å². The number of hydrogen-bond acceptors (Lipinski definition) is 7. The number of sulfone groups is 1. The topological polar surface area (TPSA) is 99.9 Å². The van der Waals surface area contributed by atoms with Crippen molar-refractivity contribution in [2.24, 2.45) is 0 Å². The third-order valence-corrected chi connectivity index (χ3v) is 6.02. The lowest BCUT2D eigenvalue weighted by Gasteiger charge is -2.44. The van der Waals surface area contributed by atoms with Crippen LogP contribution in [0.15, 0.2) is 4.42 Å². The molecular weight excluding hydrogens is 322 g/mol. The fourth-order valence-corrected chi connectivity index (χ4v) is 5.30. The highest BCUT2D eigenvalue weighted by Crippen LogP contribution is 2.28. The fraction of sp³-hybridized carbons (Fsp3) is 0.769. The highest BCUT2D eigenvalue weighted by molar-refractivity contribution is 7.91. The van der Waals surface area contributed by atoms with Crippen molar-refractivity contribution < 1.29 is 17.6 Å². The molecule has 10 heteroatoms. The molecule has 0 unspecified atom stereocenters. The van der Waals surface area contributed by atoms with Crippen molar-refractivity contribution >= 4 is 15.9 Å². The van der Waals surface area contributed by atoms with Crippen LogP contribution in [0.4, 0.5) is 4.79 Å². The van der Waals surface area contributed by atoms with Crippen molar-refractivity contribution in [3.8, 4) is 0 Å². The van der Waals surface area contributed by atoms with Gasteiger partial charge in [-0.1, -0.05) is 0 Å². The van der Waals surface area contributed by atoms with Gasteiger partial charge in [0.05, 0.1) is 24.1 Å². The molecule has 128 valence electrons. The molecule has 0 bridgehead atoms. The van der Waals surface area contributed by atoms with Gasteiger partial charge in [0.1, 0.15) is 0 Å². The van der Waals surface area contributed by atoms with Crippen LogP contribution in [0.5, 0.6) is 0 Å². The standard InChI is InChI=1S/C13H21N5O4S/c1-9-14-15-12(22-9)6-17-4-5-18(13(19)16(2)3)11-8-23(20,21)7-10(11)17/h10-11H,4-8H2,1-3H3/t10-,11+/m0/s1. The number of aromatic nitrogens is 2. The van der Waals surface area contributed by atoms with E-state index in [1.807, 2.05) is 4.90 Å². The number of rotatable bonds is 2. The summed E-state index contributed by atoms with van der Waals surface area (Å²) in [5, 5.41) is 7.78. The van der Waals surface area contributed by atoms with Gasteiger partial charge in [-0.2, -0.15) is 0 Å². The van der Waals surface area contributed by atoms with E-state index in [9.17, 15) is 13.2 Å².